The molecule has 5 nitrogen and oxygen atoms in total. The van der Waals surface area contributed by atoms with Crippen molar-refractivity contribution in [3.8, 4) is 0 Å². The number of hydrogen-bond donors (Lipinski definition) is 1. The Kier molecular flexibility index (Phi) is 4.94. The Morgan fingerprint density at radius 2 is 2.12 bits per heavy atom. The van der Waals surface area contributed by atoms with Gasteiger partial charge < -0.3 is 9.88 Å². The van der Waals surface area contributed by atoms with Gasteiger partial charge in [0.1, 0.15) is 0 Å². The largest absolute Gasteiger partial charge is 0.361 e. The second-order valence-electron chi connectivity index (χ2n) is 6.45. The number of hydrogen-bond acceptors (Lipinski definition) is 3. The van der Waals surface area contributed by atoms with Gasteiger partial charge in [-0.2, -0.15) is 0 Å². The van der Waals surface area contributed by atoms with Crippen LogP contribution >= 0.6 is 0 Å². The van der Waals surface area contributed by atoms with E-state index in [-0.39, 0.29) is 23.5 Å². The summed E-state index contributed by atoms with van der Waals surface area (Å²) < 4.78 is 23.3. The van der Waals surface area contributed by atoms with Crippen molar-refractivity contribution in [3.63, 3.8) is 0 Å². The van der Waals surface area contributed by atoms with Gasteiger partial charge in [0.05, 0.1) is 11.5 Å². The minimum Gasteiger partial charge on any atom is -0.361 e. The van der Waals surface area contributed by atoms with Crippen molar-refractivity contribution in [1.82, 2.24) is 9.88 Å². The number of benzene rings is 1. The Morgan fingerprint density at radius 3 is 2.83 bits per heavy atom. The summed E-state index contributed by atoms with van der Waals surface area (Å²) in [5, 5.41) is 1.21. The molecular weight excluding hydrogens is 324 g/mol. The fourth-order valence-electron chi connectivity index (χ4n) is 3.57. The van der Waals surface area contributed by atoms with Crippen LogP contribution in [-0.4, -0.2) is 48.3 Å². The molecular formula is C18H24N2O3S. The molecule has 1 atom stereocenters. The molecule has 2 heterocycles. The number of nitrogens with one attached hydrogen (secondary N) is 1. The predicted molar refractivity (Wildman–Crippen MR) is 95.7 cm³/mol. The smallest absolute Gasteiger partial charge is 0.222 e. The highest BCUT2D eigenvalue weighted by atomic mass is 32.2. The predicted octanol–water partition coefficient (Wildman–Crippen LogP) is 2.53. The molecule has 1 saturated heterocycles. The number of amides is 1. The summed E-state index contributed by atoms with van der Waals surface area (Å²) in [5.74, 6) is 0.394. The van der Waals surface area contributed by atoms with Gasteiger partial charge in [-0.1, -0.05) is 18.2 Å². The van der Waals surface area contributed by atoms with Gasteiger partial charge in [-0.05, 0) is 37.8 Å². The minimum atomic E-state index is -2.96. The van der Waals surface area contributed by atoms with Crippen LogP contribution in [0.4, 0.5) is 0 Å². The third kappa shape index (κ3) is 3.64. The SMILES string of the molecule is CCN(C(=O)CCCc1c[nH]c2ccccc12)[C@H]1CCS(=O)(=O)C1. The van der Waals surface area contributed by atoms with Crippen molar-refractivity contribution in [1.29, 1.82) is 0 Å². The van der Waals surface area contributed by atoms with E-state index in [1.165, 1.54) is 10.9 Å². The van der Waals surface area contributed by atoms with Crippen molar-refractivity contribution in [3.05, 3.63) is 36.0 Å². The molecule has 2 aromatic rings. The van der Waals surface area contributed by atoms with E-state index in [0.717, 1.165) is 18.4 Å². The highest BCUT2D eigenvalue weighted by Gasteiger charge is 2.33. The first-order valence-electron chi connectivity index (χ1n) is 8.55. The lowest BCUT2D eigenvalue weighted by Crippen LogP contribution is -2.40. The van der Waals surface area contributed by atoms with Crippen molar-refractivity contribution < 1.29 is 13.2 Å². The molecule has 6 heteroatoms. The molecule has 24 heavy (non-hydrogen) atoms. The Balaban J connectivity index is 1.56. The lowest BCUT2D eigenvalue weighted by atomic mass is 10.1. The fraction of sp³-hybridized carbons (Fsp3) is 0.500. The monoisotopic (exact) mass is 348 g/mol. The summed E-state index contributed by atoms with van der Waals surface area (Å²) in [7, 11) is -2.96. The molecule has 0 bridgehead atoms. The number of fused-ring (bicyclic) bond motifs is 1. The van der Waals surface area contributed by atoms with Gasteiger partial charge in [0.2, 0.25) is 5.91 Å². The van der Waals surface area contributed by atoms with E-state index in [2.05, 4.69) is 11.1 Å². The molecule has 1 amide bonds. The molecule has 0 unspecified atom stereocenters. The van der Waals surface area contributed by atoms with Crippen LogP contribution in [0.2, 0.25) is 0 Å². The second kappa shape index (κ2) is 6.97. The number of H-pyrrole nitrogens is 1. The molecule has 1 N–H and O–H groups in total. The Hall–Kier alpha value is -1.82. The van der Waals surface area contributed by atoms with Crippen LogP contribution in [0.25, 0.3) is 10.9 Å². The minimum absolute atomic E-state index is 0.0689. The van der Waals surface area contributed by atoms with Gasteiger partial charge in [0.25, 0.3) is 0 Å². The van der Waals surface area contributed by atoms with E-state index in [4.69, 9.17) is 0 Å². The molecule has 0 saturated carbocycles. The summed E-state index contributed by atoms with van der Waals surface area (Å²) >= 11 is 0. The van der Waals surface area contributed by atoms with Crippen molar-refractivity contribution in [2.75, 3.05) is 18.1 Å². The molecule has 0 spiro atoms. The lowest BCUT2D eigenvalue weighted by Gasteiger charge is -2.26. The highest BCUT2D eigenvalue weighted by Crippen LogP contribution is 2.21. The molecule has 1 aromatic heterocycles. The van der Waals surface area contributed by atoms with E-state index in [9.17, 15) is 13.2 Å². The van der Waals surface area contributed by atoms with E-state index in [1.807, 2.05) is 31.3 Å². The van der Waals surface area contributed by atoms with Gasteiger partial charge >= 0.3 is 0 Å². The van der Waals surface area contributed by atoms with E-state index in [1.54, 1.807) is 4.90 Å². The molecule has 130 valence electrons. The maximum Gasteiger partial charge on any atom is 0.222 e. The van der Waals surface area contributed by atoms with E-state index in [0.29, 0.717) is 19.4 Å². The Morgan fingerprint density at radius 1 is 1.33 bits per heavy atom. The number of aromatic nitrogens is 1. The molecule has 3 rings (SSSR count). The zero-order valence-corrected chi connectivity index (χ0v) is 14.8. The molecule has 0 radical (unpaired) electrons. The quantitative estimate of drug-likeness (QED) is 0.872. The number of sulfone groups is 1. The van der Waals surface area contributed by atoms with Crippen LogP contribution < -0.4 is 0 Å². The number of nitrogens with zero attached hydrogens (tertiary/aromatic N) is 1. The first-order valence-corrected chi connectivity index (χ1v) is 10.4. The van der Waals surface area contributed by atoms with Crippen LogP contribution in [0.15, 0.2) is 30.5 Å². The number of aromatic amines is 1. The summed E-state index contributed by atoms with van der Waals surface area (Å²) in [4.78, 5) is 17.5. The second-order valence-corrected chi connectivity index (χ2v) is 8.68. The maximum atomic E-state index is 12.5. The molecule has 1 fully saturated rings. The number of aryl methyl sites for hydroxylation is 1. The molecule has 1 aliphatic heterocycles. The first kappa shape index (κ1) is 17.0. The number of para-hydroxylation sites is 1. The highest BCUT2D eigenvalue weighted by molar-refractivity contribution is 7.91. The summed E-state index contributed by atoms with van der Waals surface area (Å²) in [6.07, 6.45) is 4.66. The third-order valence-electron chi connectivity index (χ3n) is 4.82. The summed E-state index contributed by atoms with van der Waals surface area (Å²) in [6.45, 7) is 2.49. The van der Waals surface area contributed by atoms with Crippen molar-refractivity contribution in [2.24, 2.45) is 0 Å². The van der Waals surface area contributed by atoms with Crippen LogP contribution in [0.3, 0.4) is 0 Å². The van der Waals surface area contributed by atoms with Gasteiger partial charge in [-0.25, -0.2) is 8.42 Å². The van der Waals surface area contributed by atoms with E-state index >= 15 is 0 Å². The zero-order chi connectivity index (χ0) is 17.2. The third-order valence-corrected chi connectivity index (χ3v) is 6.57. The van der Waals surface area contributed by atoms with Crippen molar-refractivity contribution in [2.45, 2.75) is 38.6 Å². The van der Waals surface area contributed by atoms with Crippen LogP contribution in [0, 0.1) is 0 Å². The van der Waals surface area contributed by atoms with Crippen LogP contribution in [0.1, 0.15) is 31.7 Å². The zero-order valence-electron chi connectivity index (χ0n) is 14.0. The average molecular weight is 348 g/mol. The Bertz CT molecular complexity index is 826. The summed E-state index contributed by atoms with van der Waals surface area (Å²) in [6, 6.07) is 8.01. The fourth-order valence-corrected chi connectivity index (χ4v) is 5.30. The Labute approximate surface area is 143 Å². The van der Waals surface area contributed by atoms with Gasteiger partial charge in [0.15, 0.2) is 9.84 Å². The van der Waals surface area contributed by atoms with Crippen LogP contribution in [0.5, 0.6) is 0 Å². The lowest BCUT2D eigenvalue weighted by molar-refractivity contribution is -0.132. The van der Waals surface area contributed by atoms with Gasteiger partial charge in [-0.15, -0.1) is 0 Å². The molecule has 1 aromatic carbocycles. The summed E-state index contributed by atoms with van der Waals surface area (Å²) in [5.41, 5.74) is 2.34. The number of carbonyl (C=O) groups excluding carboxylic acids is 1. The molecule has 0 aliphatic carbocycles. The normalized spacial score (nSPS) is 19.6. The molecule has 1 aliphatic rings. The van der Waals surface area contributed by atoms with Crippen molar-refractivity contribution >= 4 is 26.6 Å². The number of carbonyl (C=O) groups is 1. The first-order chi connectivity index (χ1) is 11.5. The van der Waals surface area contributed by atoms with Crippen LogP contribution in [-0.2, 0) is 21.1 Å². The van der Waals surface area contributed by atoms with Gasteiger partial charge in [0, 0.05) is 36.1 Å². The topological polar surface area (TPSA) is 70.2 Å². The maximum absolute atomic E-state index is 12.5. The standard InChI is InChI=1S/C18H24N2O3S/c1-2-20(15-10-11-24(22,23)13-15)18(21)9-5-6-14-12-19-17-8-4-3-7-16(14)17/h3-4,7-8,12,15,19H,2,5-6,9-11,13H2,1H3/t15-/m0/s1. The van der Waals surface area contributed by atoms with E-state index < -0.39 is 9.84 Å². The number of rotatable bonds is 6. The van der Waals surface area contributed by atoms with Gasteiger partial charge in [-0.3, -0.25) is 4.79 Å². The average Bonchev–Trinajstić information content (AvgIpc) is 3.12.